The molecule has 0 atom stereocenters. The zero-order valence-electron chi connectivity index (χ0n) is 20.7. The van der Waals surface area contributed by atoms with E-state index in [1.54, 1.807) is 6.20 Å². The molecule has 1 aromatic carbocycles. The SMILES string of the molecule is Cc1nn(-c2ccnc(Nc3ccc4c(c3)c(C(=O)C3CC3)cn4C3CC3)n2)cc1CN1CCCC1. The third kappa shape index (κ3) is 4.09. The summed E-state index contributed by atoms with van der Waals surface area (Å²) in [6.07, 6.45) is 12.9. The van der Waals surface area contributed by atoms with Crippen LogP contribution < -0.4 is 5.32 Å². The van der Waals surface area contributed by atoms with Crippen LogP contribution in [0.25, 0.3) is 16.7 Å². The second-order valence-corrected chi connectivity index (χ2v) is 10.6. The molecule has 8 heteroatoms. The van der Waals surface area contributed by atoms with Crippen LogP contribution in [-0.4, -0.2) is 48.1 Å². The van der Waals surface area contributed by atoms with Crippen LogP contribution in [-0.2, 0) is 6.54 Å². The molecule has 36 heavy (non-hydrogen) atoms. The lowest BCUT2D eigenvalue weighted by atomic mass is 10.1. The number of nitrogens with one attached hydrogen (secondary N) is 1. The van der Waals surface area contributed by atoms with Gasteiger partial charge in [0, 0.05) is 70.9 Å². The lowest BCUT2D eigenvalue weighted by Gasteiger charge is -2.13. The number of aromatic nitrogens is 5. The van der Waals surface area contributed by atoms with Gasteiger partial charge in [-0.3, -0.25) is 9.69 Å². The summed E-state index contributed by atoms with van der Waals surface area (Å²) in [5, 5.41) is 9.10. The minimum absolute atomic E-state index is 0.202. The fourth-order valence-electron chi connectivity index (χ4n) is 5.37. The summed E-state index contributed by atoms with van der Waals surface area (Å²) < 4.78 is 4.14. The molecular weight excluding hydrogens is 450 g/mol. The normalized spacial score (nSPS) is 18.2. The Bertz CT molecular complexity index is 1450. The van der Waals surface area contributed by atoms with E-state index in [0.717, 1.165) is 66.1 Å². The minimum Gasteiger partial charge on any atom is -0.344 e. The zero-order valence-corrected chi connectivity index (χ0v) is 20.7. The molecule has 8 nitrogen and oxygen atoms in total. The van der Waals surface area contributed by atoms with E-state index in [1.165, 1.54) is 31.2 Å². The van der Waals surface area contributed by atoms with Crippen LogP contribution in [0.15, 0.2) is 42.9 Å². The van der Waals surface area contributed by atoms with Crippen LogP contribution in [0.4, 0.5) is 11.6 Å². The second kappa shape index (κ2) is 8.55. The maximum Gasteiger partial charge on any atom is 0.229 e. The van der Waals surface area contributed by atoms with E-state index in [1.807, 2.05) is 10.7 Å². The highest BCUT2D eigenvalue weighted by atomic mass is 16.1. The number of hydrogen-bond acceptors (Lipinski definition) is 6. The van der Waals surface area contributed by atoms with Gasteiger partial charge in [0.2, 0.25) is 5.95 Å². The Kier molecular flexibility index (Phi) is 5.16. The first-order chi connectivity index (χ1) is 17.6. The molecule has 0 radical (unpaired) electrons. The summed E-state index contributed by atoms with van der Waals surface area (Å²) >= 11 is 0. The lowest BCUT2D eigenvalue weighted by Crippen LogP contribution is -2.18. The van der Waals surface area contributed by atoms with Crippen molar-refractivity contribution in [2.45, 2.75) is 58.0 Å². The Morgan fingerprint density at radius 3 is 2.69 bits per heavy atom. The maximum absolute atomic E-state index is 13.0. The van der Waals surface area contributed by atoms with Crippen molar-refractivity contribution in [2.24, 2.45) is 5.92 Å². The predicted molar refractivity (Wildman–Crippen MR) is 139 cm³/mol. The summed E-state index contributed by atoms with van der Waals surface area (Å²) in [4.78, 5) is 24.7. The van der Waals surface area contributed by atoms with E-state index < -0.39 is 0 Å². The average Bonchev–Trinajstić information content (AvgIpc) is 3.80. The average molecular weight is 482 g/mol. The van der Waals surface area contributed by atoms with Gasteiger partial charge in [0.15, 0.2) is 11.6 Å². The number of ketones is 1. The highest BCUT2D eigenvalue weighted by molar-refractivity contribution is 6.10. The molecule has 7 rings (SSSR count). The molecule has 1 N–H and O–H groups in total. The van der Waals surface area contributed by atoms with Crippen molar-refractivity contribution in [1.82, 2.24) is 29.2 Å². The summed E-state index contributed by atoms with van der Waals surface area (Å²) in [7, 11) is 0. The first-order valence-corrected chi connectivity index (χ1v) is 13.2. The number of carbonyl (C=O) groups is 1. The highest BCUT2D eigenvalue weighted by Gasteiger charge is 2.34. The number of hydrogen-bond donors (Lipinski definition) is 1. The maximum atomic E-state index is 13.0. The fourth-order valence-corrected chi connectivity index (χ4v) is 5.37. The Labute approximate surface area is 210 Å². The van der Waals surface area contributed by atoms with Crippen LogP contribution in [0.5, 0.6) is 0 Å². The number of rotatable bonds is 8. The standard InChI is InChI=1S/C28H31N7O/c1-18-20(15-33-12-2-3-13-33)16-35(32-18)26-10-11-29-28(31-26)30-21-6-9-25-23(14-21)24(27(36)19-4-5-19)17-34(25)22-7-8-22/h6,9-11,14,16-17,19,22H,2-5,7-8,12-13,15H2,1H3,(H,29,30,31). The third-order valence-corrected chi connectivity index (χ3v) is 7.71. The van der Waals surface area contributed by atoms with Crippen LogP contribution in [0, 0.1) is 12.8 Å². The van der Waals surface area contributed by atoms with Gasteiger partial charge in [0.1, 0.15) is 0 Å². The molecule has 4 heterocycles. The minimum atomic E-state index is 0.202. The molecular formula is C28H31N7O. The second-order valence-electron chi connectivity index (χ2n) is 10.6. The van der Waals surface area contributed by atoms with Gasteiger partial charge in [0.05, 0.1) is 5.69 Å². The quantitative estimate of drug-likeness (QED) is 0.349. The van der Waals surface area contributed by atoms with Gasteiger partial charge in [0.25, 0.3) is 0 Å². The van der Waals surface area contributed by atoms with Crippen LogP contribution in [0.2, 0.25) is 0 Å². The Balaban J connectivity index is 1.16. The molecule has 2 saturated carbocycles. The number of fused-ring (bicyclic) bond motifs is 1. The monoisotopic (exact) mass is 481 g/mol. The lowest BCUT2D eigenvalue weighted by molar-refractivity contribution is 0.0969. The van der Waals surface area contributed by atoms with E-state index >= 15 is 0 Å². The molecule has 0 spiro atoms. The molecule has 1 aliphatic heterocycles. The number of benzene rings is 1. The summed E-state index contributed by atoms with van der Waals surface area (Å²) in [5.41, 5.74) is 5.15. The van der Waals surface area contributed by atoms with Crippen LogP contribution in [0.1, 0.15) is 66.2 Å². The van der Waals surface area contributed by atoms with E-state index in [-0.39, 0.29) is 11.7 Å². The summed E-state index contributed by atoms with van der Waals surface area (Å²) in [6.45, 7) is 5.32. The molecule has 2 aliphatic carbocycles. The van der Waals surface area contributed by atoms with Crippen molar-refractivity contribution in [3.05, 3.63) is 59.7 Å². The van der Waals surface area contributed by atoms with Crippen molar-refractivity contribution >= 4 is 28.3 Å². The van der Waals surface area contributed by atoms with Gasteiger partial charge in [-0.1, -0.05) is 0 Å². The van der Waals surface area contributed by atoms with Crippen molar-refractivity contribution in [2.75, 3.05) is 18.4 Å². The van der Waals surface area contributed by atoms with Crippen molar-refractivity contribution in [3.8, 4) is 5.82 Å². The van der Waals surface area contributed by atoms with Crippen molar-refractivity contribution in [1.29, 1.82) is 0 Å². The Morgan fingerprint density at radius 2 is 1.92 bits per heavy atom. The van der Waals surface area contributed by atoms with Crippen molar-refractivity contribution in [3.63, 3.8) is 0 Å². The first-order valence-electron chi connectivity index (χ1n) is 13.2. The van der Waals surface area contributed by atoms with E-state index in [4.69, 9.17) is 10.1 Å². The highest BCUT2D eigenvalue weighted by Crippen LogP contribution is 2.42. The summed E-state index contributed by atoms with van der Waals surface area (Å²) in [6, 6.07) is 8.65. The molecule has 0 unspecified atom stereocenters. The van der Waals surface area contributed by atoms with E-state index in [0.29, 0.717) is 12.0 Å². The van der Waals surface area contributed by atoms with Gasteiger partial charge in [-0.2, -0.15) is 10.1 Å². The molecule has 3 aromatic heterocycles. The molecule has 0 bridgehead atoms. The van der Waals surface area contributed by atoms with Gasteiger partial charge >= 0.3 is 0 Å². The fraction of sp³-hybridized carbons (Fsp3) is 0.429. The topological polar surface area (TPSA) is 80.9 Å². The van der Waals surface area contributed by atoms with Gasteiger partial charge in [-0.25, -0.2) is 9.67 Å². The van der Waals surface area contributed by atoms with Gasteiger partial charge in [-0.05, 0) is 76.7 Å². The third-order valence-electron chi connectivity index (χ3n) is 7.71. The molecule has 0 amide bonds. The molecule has 4 aromatic rings. The van der Waals surface area contributed by atoms with Gasteiger partial charge in [-0.15, -0.1) is 0 Å². The number of nitrogens with zero attached hydrogens (tertiary/aromatic N) is 6. The molecule has 184 valence electrons. The molecule has 3 fully saturated rings. The molecule has 3 aliphatic rings. The Hall–Kier alpha value is -3.52. The summed E-state index contributed by atoms with van der Waals surface area (Å²) in [5.74, 6) is 1.73. The van der Waals surface area contributed by atoms with E-state index in [9.17, 15) is 4.79 Å². The number of likely N-dealkylation sites (tertiary alicyclic amines) is 1. The number of carbonyl (C=O) groups excluding carboxylic acids is 1. The van der Waals surface area contributed by atoms with Crippen molar-refractivity contribution < 1.29 is 4.79 Å². The number of aryl methyl sites for hydroxylation is 1. The van der Waals surface area contributed by atoms with Gasteiger partial charge < -0.3 is 9.88 Å². The number of anilines is 2. The molecule has 1 saturated heterocycles. The zero-order chi connectivity index (χ0) is 24.2. The van der Waals surface area contributed by atoms with Crippen LogP contribution in [0.3, 0.4) is 0 Å². The Morgan fingerprint density at radius 1 is 1.08 bits per heavy atom. The number of Topliss-reactive ketones (excluding diaryl/α,β-unsaturated/α-hetero) is 1. The largest absolute Gasteiger partial charge is 0.344 e. The van der Waals surface area contributed by atoms with Crippen LogP contribution >= 0.6 is 0 Å². The predicted octanol–water partition coefficient (Wildman–Crippen LogP) is 5.19. The smallest absolute Gasteiger partial charge is 0.229 e. The first kappa shape index (κ1) is 21.7. The van der Waals surface area contributed by atoms with E-state index in [2.05, 4.69) is 57.3 Å².